The van der Waals surface area contributed by atoms with Crippen LogP contribution in [0.4, 0.5) is 34.4 Å². The molecular weight excluding hydrogens is 534 g/mol. The number of azo groups is 1. The van der Waals surface area contributed by atoms with Gasteiger partial charge in [-0.05, 0) is 55.8 Å². The van der Waals surface area contributed by atoms with Crippen molar-refractivity contribution in [3.63, 3.8) is 0 Å². The minimum atomic E-state index is -0.686. The number of phenolic OH excluding ortho intramolecular Hbond substituents is 2. The van der Waals surface area contributed by atoms with Gasteiger partial charge in [0, 0.05) is 29.0 Å². The van der Waals surface area contributed by atoms with Gasteiger partial charge in [0.15, 0.2) is 17.4 Å². The standard InChI is InChI=1S/C31H27N7O4/c1-3-4-14-34-17-8-10-18(11-9-17)35-31-20(15-32)16(2)27(30(33)36-31)38-37-21-7-5-6-19-24(21)29(42)26-23(40)13-12-22(39)25(26)28(19)41/h5-13,34,39-40H,3-4,14H2,1-2H3,(H3,33,35,36)/b38-37+. The third-order valence-electron chi connectivity index (χ3n) is 6.95. The lowest BCUT2D eigenvalue weighted by molar-refractivity contribution is 0.0974. The Morgan fingerprint density at radius 3 is 2.26 bits per heavy atom. The molecule has 0 saturated heterocycles. The van der Waals surface area contributed by atoms with Gasteiger partial charge in [-0.25, -0.2) is 4.98 Å². The molecule has 11 heteroatoms. The number of nitrogens with one attached hydrogen (secondary N) is 2. The molecule has 1 aromatic heterocycles. The number of nitrogen functional groups attached to an aromatic ring is 1. The maximum atomic E-state index is 13.4. The van der Waals surface area contributed by atoms with Gasteiger partial charge in [-0.3, -0.25) is 9.59 Å². The molecule has 0 saturated carbocycles. The van der Waals surface area contributed by atoms with Crippen LogP contribution < -0.4 is 16.4 Å². The number of ketones is 2. The molecule has 6 N–H and O–H groups in total. The summed E-state index contributed by atoms with van der Waals surface area (Å²) >= 11 is 0. The van der Waals surface area contributed by atoms with E-state index in [0.717, 1.165) is 37.2 Å². The molecule has 1 aliphatic carbocycles. The zero-order valence-corrected chi connectivity index (χ0v) is 22.9. The van der Waals surface area contributed by atoms with Crippen LogP contribution in [-0.4, -0.2) is 33.3 Å². The number of carbonyl (C=O) groups excluding carboxylic acids is 2. The van der Waals surface area contributed by atoms with Gasteiger partial charge in [-0.15, -0.1) is 10.2 Å². The van der Waals surface area contributed by atoms with E-state index in [1.165, 1.54) is 18.2 Å². The predicted octanol–water partition coefficient (Wildman–Crippen LogP) is 6.40. The van der Waals surface area contributed by atoms with Gasteiger partial charge in [0.2, 0.25) is 5.78 Å². The lowest BCUT2D eigenvalue weighted by Crippen LogP contribution is -2.21. The number of anilines is 4. The zero-order valence-electron chi connectivity index (χ0n) is 22.9. The maximum absolute atomic E-state index is 13.4. The summed E-state index contributed by atoms with van der Waals surface area (Å²) in [6.07, 6.45) is 2.17. The summed E-state index contributed by atoms with van der Waals surface area (Å²) in [5.74, 6) is -1.92. The molecule has 4 aromatic rings. The Morgan fingerprint density at radius 1 is 0.929 bits per heavy atom. The molecule has 0 radical (unpaired) electrons. The molecule has 1 heterocycles. The largest absolute Gasteiger partial charge is 0.507 e. The summed E-state index contributed by atoms with van der Waals surface area (Å²) in [6.45, 7) is 4.67. The van der Waals surface area contributed by atoms with Crippen molar-refractivity contribution < 1.29 is 19.8 Å². The first-order valence-corrected chi connectivity index (χ1v) is 13.2. The molecular formula is C31H27N7O4. The molecule has 0 aliphatic heterocycles. The maximum Gasteiger partial charge on any atom is 0.200 e. The first-order valence-electron chi connectivity index (χ1n) is 13.2. The quantitative estimate of drug-likeness (QED) is 0.0811. The topological polar surface area (TPSA) is 186 Å². The minimum Gasteiger partial charge on any atom is -0.507 e. The van der Waals surface area contributed by atoms with Gasteiger partial charge >= 0.3 is 0 Å². The molecule has 0 amide bonds. The number of nitrogens with two attached hydrogens (primary N) is 1. The Balaban J connectivity index is 1.47. The molecule has 210 valence electrons. The highest BCUT2D eigenvalue weighted by Crippen LogP contribution is 2.41. The second-order valence-corrected chi connectivity index (χ2v) is 9.70. The molecule has 1 aliphatic rings. The molecule has 3 aromatic carbocycles. The van der Waals surface area contributed by atoms with Gasteiger partial charge in [0.25, 0.3) is 0 Å². The second kappa shape index (κ2) is 11.4. The summed E-state index contributed by atoms with van der Waals surface area (Å²) in [6, 6.07) is 16.5. The van der Waals surface area contributed by atoms with Crippen LogP contribution in [-0.2, 0) is 0 Å². The number of pyridine rings is 1. The van der Waals surface area contributed by atoms with Crippen molar-refractivity contribution in [2.45, 2.75) is 26.7 Å². The van der Waals surface area contributed by atoms with Crippen LogP contribution in [0.2, 0.25) is 0 Å². The van der Waals surface area contributed by atoms with E-state index in [9.17, 15) is 25.1 Å². The first-order chi connectivity index (χ1) is 20.2. The van der Waals surface area contributed by atoms with Crippen molar-refractivity contribution in [1.82, 2.24) is 4.98 Å². The van der Waals surface area contributed by atoms with Crippen molar-refractivity contribution in [3.8, 4) is 17.6 Å². The minimum absolute atomic E-state index is 0.00397. The van der Waals surface area contributed by atoms with E-state index in [4.69, 9.17) is 5.73 Å². The van der Waals surface area contributed by atoms with Crippen molar-refractivity contribution in [3.05, 3.63) is 88.0 Å². The molecule has 0 bridgehead atoms. The van der Waals surface area contributed by atoms with Crippen LogP contribution in [0.3, 0.4) is 0 Å². The summed E-state index contributed by atoms with van der Waals surface area (Å²) in [5, 5.41) is 45.3. The van der Waals surface area contributed by atoms with Gasteiger partial charge in [-0.1, -0.05) is 25.5 Å². The molecule has 0 unspecified atom stereocenters. The number of carbonyl (C=O) groups is 2. The fraction of sp³-hybridized carbons (Fsp3) is 0.161. The van der Waals surface area contributed by atoms with E-state index in [-0.39, 0.29) is 50.8 Å². The molecule has 0 atom stereocenters. The van der Waals surface area contributed by atoms with Crippen molar-refractivity contribution in [2.75, 3.05) is 22.9 Å². The van der Waals surface area contributed by atoms with Gasteiger partial charge < -0.3 is 26.6 Å². The van der Waals surface area contributed by atoms with E-state index in [2.05, 4.69) is 38.8 Å². The molecule has 11 nitrogen and oxygen atoms in total. The van der Waals surface area contributed by atoms with E-state index in [1.54, 1.807) is 6.92 Å². The van der Waals surface area contributed by atoms with Crippen molar-refractivity contribution in [2.24, 2.45) is 10.2 Å². The summed E-state index contributed by atoms with van der Waals surface area (Å²) in [7, 11) is 0. The highest BCUT2D eigenvalue weighted by molar-refractivity contribution is 6.31. The van der Waals surface area contributed by atoms with Crippen LogP contribution in [0.5, 0.6) is 11.5 Å². The van der Waals surface area contributed by atoms with Crippen LogP contribution in [0, 0.1) is 18.3 Å². The molecule has 0 spiro atoms. The van der Waals surface area contributed by atoms with Gasteiger partial charge in [0.05, 0.1) is 27.9 Å². The van der Waals surface area contributed by atoms with Crippen LogP contribution in [0.15, 0.2) is 64.8 Å². The SMILES string of the molecule is CCCCNc1ccc(Nc2nc(N)c(/N=N/c3cccc4c3C(=O)c3c(O)ccc(O)c3C4=O)c(C)c2C#N)cc1. The number of phenols is 2. The molecule has 5 rings (SSSR count). The Bertz CT molecular complexity index is 1810. The lowest BCUT2D eigenvalue weighted by atomic mass is 9.82. The van der Waals surface area contributed by atoms with Crippen molar-refractivity contribution >= 4 is 46.0 Å². The average molecular weight is 562 g/mol. The summed E-state index contributed by atoms with van der Waals surface area (Å²) in [5.41, 5.74) is 8.08. The van der Waals surface area contributed by atoms with Gasteiger partial charge in [-0.2, -0.15) is 5.26 Å². The van der Waals surface area contributed by atoms with E-state index in [1.807, 2.05) is 24.3 Å². The third kappa shape index (κ3) is 4.97. The van der Waals surface area contributed by atoms with E-state index >= 15 is 0 Å². The van der Waals surface area contributed by atoms with E-state index in [0.29, 0.717) is 11.3 Å². The Kier molecular flexibility index (Phi) is 7.53. The van der Waals surface area contributed by atoms with Crippen molar-refractivity contribution in [1.29, 1.82) is 5.26 Å². The smallest absolute Gasteiger partial charge is 0.200 e. The number of benzene rings is 3. The predicted molar refractivity (Wildman–Crippen MR) is 158 cm³/mol. The second-order valence-electron chi connectivity index (χ2n) is 9.70. The van der Waals surface area contributed by atoms with Gasteiger partial charge in [0.1, 0.15) is 23.3 Å². The van der Waals surface area contributed by atoms with Crippen LogP contribution in [0.25, 0.3) is 0 Å². The summed E-state index contributed by atoms with van der Waals surface area (Å²) in [4.78, 5) is 30.9. The monoisotopic (exact) mass is 561 g/mol. The molecule has 42 heavy (non-hydrogen) atoms. The van der Waals surface area contributed by atoms with Crippen LogP contribution in [0.1, 0.15) is 62.7 Å². The fourth-order valence-electron chi connectivity index (χ4n) is 4.74. The number of aromatic nitrogens is 1. The summed E-state index contributed by atoms with van der Waals surface area (Å²) < 4.78 is 0. The van der Waals surface area contributed by atoms with Crippen LogP contribution >= 0.6 is 0 Å². The number of nitriles is 1. The Hall–Kier alpha value is -5.76. The normalized spacial score (nSPS) is 12.1. The number of hydrogen-bond acceptors (Lipinski definition) is 11. The first kappa shape index (κ1) is 27.8. The molecule has 0 fully saturated rings. The number of fused-ring (bicyclic) bond motifs is 2. The number of hydrogen-bond donors (Lipinski definition) is 5. The number of aromatic hydroxyl groups is 2. The number of unbranched alkanes of at least 4 members (excludes halogenated alkanes) is 1. The zero-order chi connectivity index (χ0) is 30.0. The highest BCUT2D eigenvalue weighted by atomic mass is 16.3. The average Bonchev–Trinajstić information content (AvgIpc) is 2.98. The highest BCUT2D eigenvalue weighted by Gasteiger charge is 2.36. The number of rotatable bonds is 8. The lowest BCUT2D eigenvalue weighted by Gasteiger charge is -2.20. The Morgan fingerprint density at radius 2 is 1.60 bits per heavy atom. The fourth-order valence-corrected chi connectivity index (χ4v) is 4.74. The Labute approximate surface area is 241 Å². The third-order valence-corrected chi connectivity index (χ3v) is 6.95. The van der Waals surface area contributed by atoms with E-state index < -0.39 is 23.1 Å². The number of nitrogens with zero attached hydrogens (tertiary/aromatic N) is 4.